The average Bonchev–Trinajstić information content (AvgIpc) is 2.42. The number of carbonyl (C=O) groups excluding carboxylic acids is 1. The van der Waals surface area contributed by atoms with E-state index in [0.29, 0.717) is 13.1 Å². The Morgan fingerprint density at radius 3 is 2.38 bits per heavy atom. The quantitative estimate of drug-likeness (QED) is 0.820. The second kappa shape index (κ2) is 7.06. The number of nitrogens with one attached hydrogen (secondary N) is 1. The standard InChI is InChI=1S/C12H18ClN3O4S/c1-4-16(5-2)11(17)8-15(3)21(19,20)9-6-10(13)12(18)14-7-9/h6-7H,4-5,8H2,1-3H3,(H,14,18). The molecule has 0 saturated carbocycles. The highest BCUT2D eigenvalue weighted by atomic mass is 35.5. The third kappa shape index (κ3) is 4.05. The van der Waals surface area contributed by atoms with Gasteiger partial charge in [0.1, 0.15) is 5.02 Å². The van der Waals surface area contributed by atoms with Crippen molar-refractivity contribution in [3.05, 3.63) is 27.6 Å². The molecule has 1 heterocycles. The summed E-state index contributed by atoms with van der Waals surface area (Å²) >= 11 is 5.62. The van der Waals surface area contributed by atoms with Crippen LogP contribution in [0.25, 0.3) is 0 Å². The number of aromatic nitrogens is 1. The fraction of sp³-hybridized carbons (Fsp3) is 0.500. The van der Waals surface area contributed by atoms with Gasteiger partial charge in [-0.3, -0.25) is 9.59 Å². The molecular weight excluding hydrogens is 318 g/mol. The van der Waals surface area contributed by atoms with E-state index in [0.717, 1.165) is 16.6 Å². The van der Waals surface area contributed by atoms with Gasteiger partial charge in [0.25, 0.3) is 5.56 Å². The second-order valence-electron chi connectivity index (χ2n) is 4.34. The highest BCUT2D eigenvalue weighted by Gasteiger charge is 2.25. The van der Waals surface area contributed by atoms with E-state index < -0.39 is 15.6 Å². The highest BCUT2D eigenvalue weighted by molar-refractivity contribution is 7.89. The van der Waals surface area contributed by atoms with Crippen LogP contribution in [0.3, 0.4) is 0 Å². The van der Waals surface area contributed by atoms with Gasteiger partial charge in [-0.2, -0.15) is 4.31 Å². The molecule has 1 amide bonds. The first-order valence-electron chi connectivity index (χ1n) is 6.36. The molecule has 1 N–H and O–H groups in total. The SMILES string of the molecule is CCN(CC)C(=O)CN(C)S(=O)(=O)c1c[nH]c(=O)c(Cl)c1. The van der Waals surface area contributed by atoms with Crippen LogP contribution in [0.1, 0.15) is 13.8 Å². The number of amides is 1. The molecule has 0 radical (unpaired) electrons. The van der Waals surface area contributed by atoms with E-state index in [1.807, 2.05) is 13.8 Å². The highest BCUT2D eigenvalue weighted by Crippen LogP contribution is 2.15. The summed E-state index contributed by atoms with van der Waals surface area (Å²) in [6, 6.07) is 1.06. The third-order valence-corrected chi connectivity index (χ3v) is 5.08. The number of pyridine rings is 1. The van der Waals surface area contributed by atoms with Crippen LogP contribution in [0.4, 0.5) is 0 Å². The molecule has 1 aromatic heterocycles. The monoisotopic (exact) mass is 335 g/mol. The van der Waals surface area contributed by atoms with Crippen molar-refractivity contribution in [1.29, 1.82) is 0 Å². The lowest BCUT2D eigenvalue weighted by Crippen LogP contribution is -2.41. The Balaban J connectivity index is 2.99. The van der Waals surface area contributed by atoms with Crippen LogP contribution < -0.4 is 5.56 Å². The Morgan fingerprint density at radius 2 is 1.90 bits per heavy atom. The van der Waals surface area contributed by atoms with Crippen LogP contribution in [0.5, 0.6) is 0 Å². The minimum absolute atomic E-state index is 0.165. The van der Waals surface area contributed by atoms with E-state index >= 15 is 0 Å². The van der Waals surface area contributed by atoms with E-state index in [9.17, 15) is 18.0 Å². The lowest BCUT2D eigenvalue weighted by molar-refractivity contribution is -0.130. The van der Waals surface area contributed by atoms with Gasteiger partial charge >= 0.3 is 0 Å². The third-order valence-electron chi connectivity index (χ3n) is 3.01. The van der Waals surface area contributed by atoms with Crippen LogP contribution in [0, 0.1) is 0 Å². The van der Waals surface area contributed by atoms with Crippen molar-refractivity contribution in [2.24, 2.45) is 0 Å². The predicted octanol–water partition coefficient (Wildman–Crippen LogP) is 0.517. The van der Waals surface area contributed by atoms with Gasteiger partial charge in [-0.05, 0) is 19.9 Å². The lowest BCUT2D eigenvalue weighted by atomic mass is 10.4. The van der Waals surface area contributed by atoms with E-state index in [-0.39, 0.29) is 22.4 Å². The number of carbonyl (C=O) groups is 1. The molecule has 0 aliphatic rings. The number of nitrogens with zero attached hydrogens (tertiary/aromatic N) is 2. The first kappa shape index (κ1) is 17.7. The molecule has 118 valence electrons. The molecule has 1 rings (SSSR count). The molecule has 0 unspecified atom stereocenters. The van der Waals surface area contributed by atoms with Crippen LogP contribution >= 0.6 is 11.6 Å². The summed E-state index contributed by atoms with van der Waals surface area (Å²) < 4.78 is 25.5. The van der Waals surface area contributed by atoms with Crippen molar-refractivity contribution < 1.29 is 13.2 Å². The summed E-state index contributed by atoms with van der Waals surface area (Å²) in [5.74, 6) is -0.290. The zero-order valence-electron chi connectivity index (χ0n) is 12.1. The zero-order valence-corrected chi connectivity index (χ0v) is 13.7. The number of rotatable bonds is 6. The Labute approximate surface area is 128 Å². The molecule has 21 heavy (non-hydrogen) atoms. The molecule has 0 atom stereocenters. The van der Waals surface area contributed by atoms with Crippen molar-refractivity contribution in [2.45, 2.75) is 18.7 Å². The maximum absolute atomic E-state index is 12.3. The summed E-state index contributed by atoms with van der Waals surface area (Å²) in [6.07, 6.45) is 1.06. The van der Waals surface area contributed by atoms with Gasteiger partial charge in [0.2, 0.25) is 15.9 Å². The lowest BCUT2D eigenvalue weighted by Gasteiger charge is -2.22. The fourth-order valence-corrected chi connectivity index (χ4v) is 3.07. The van der Waals surface area contributed by atoms with Crippen LogP contribution in [-0.2, 0) is 14.8 Å². The molecule has 0 aliphatic heterocycles. The molecule has 9 heteroatoms. The van der Waals surface area contributed by atoms with Gasteiger partial charge in [-0.1, -0.05) is 11.6 Å². The molecule has 1 aromatic rings. The minimum atomic E-state index is -3.89. The van der Waals surface area contributed by atoms with E-state index in [4.69, 9.17) is 11.6 Å². The number of aromatic amines is 1. The molecule has 0 saturated heterocycles. The van der Waals surface area contributed by atoms with Gasteiger partial charge < -0.3 is 9.88 Å². The molecule has 0 spiro atoms. The summed E-state index contributed by atoms with van der Waals surface area (Å²) in [5, 5.41) is -0.223. The summed E-state index contributed by atoms with van der Waals surface area (Å²) in [6.45, 7) is 4.37. The van der Waals surface area contributed by atoms with Crippen LogP contribution in [0.15, 0.2) is 22.0 Å². The van der Waals surface area contributed by atoms with Gasteiger partial charge in [-0.25, -0.2) is 8.42 Å². The molecule has 0 bridgehead atoms. The Hall–Kier alpha value is -1.38. The number of hydrogen-bond donors (Lipinski definition) is 1. The topological polar surface area (TPSA) is 90.6 Å². The second-order valence-corrected chi connectivity index (χ2v) is 6.79. The van der Waals surface area contributed by atoms with Crippen molar-refractivity contribution in [2.75, 3.05) is 26.7 Å². The Kier molecular flexibility index (Phi) is 5.94. The summed E-state index contributed by atoms with van der Waals surface area (Å²) in [4.78, 5) is 26.7. The zero-order chi connectivity index (χ0) is 16.2. The van der Waals surface area contributed by atoms with E-state index in [1.165, 1.54) is 11.9 Å². The first-order valence-corrected chi connectivity index (χ1v) is 8.18. The van der Waals surface area contributed by atoms with Crippen molar-refractivity contribution >= 4 is 27.5 Å². The normalized spacial score (nSPS) is 11.7. The Bertz CT molecular complexity index is 667. The molecule has 7 nitrogen and oxygen atoms in total. The summed E-state index contributed by atoms with van der Waals surface area (Å²) in [5.41, 5.74) is -0.572. The predicted molar refractivity (Wildman–Crippen MR) is 79.8 cm³/mol. The molecule has 0 aliphatic carbocycles. The van der Waals surface area contributed by atoms with Crippen LogP contribution in [-0.4, -0.2) is 55.2 Å². The maximum atomic E-state index is 12.3. The average molecular weight is 336 g/mol. The molecular formula is C12H18ClN3O4S. The number of H-pyrrole nitrogens is 1. The van der Waals surface area contributed by atoms with Crippen LogP contribution in [0.2, 0.25) is 5.02 Å². The number of halogens is 1. The van der Waals surface area contributed by atoms with Crippen molar-refractivity contribution in [1.82, 2.24) is 14.2 Å². The Morgan fingerprint density at radius 1 is 1.33 bits per heavy atom. The van der Waals surface area contributed by atoms with E-state index in [1.54, 1.807) is 0 Å². The molecule has 0 fully saturated rings. The largest absolute Gasteiger partial charge is 0.342 e. The summed E-state index contributed by atoms with van der Waals surface area (Å²) in [7, 11) is -2.59. The van der Waals surface area contributed by atoms with Crippen molar-refractivity contribution in [3.8, 4) is 0 Å². The number of hydrogen-bond acceptors (Lipinski definition) is 4. The fourth-order valence-electron chi connectivity index (χ4n) is 1.72. The minimum Gasteiger partial charge on any atom is -0.342 e. The number of likely N-dealkylation sites (N-methyl/N-ethyl adjacent to an activating group) is 2. The number of sulfonamides is 1. The smallest absolute Gasteiger partial charge is 0.266 e. The van der Waals surface area contributed by atoms with Gasteiger partial charge in [0, 0.05) is 26.3 Å². The maximum Gasteiger partial charge on any atom is 0.266 e. The van der Waals surface area contributed by atoms with Gasteiger partial charge in [0.15, 0.2) is 0 Å². The first-order chi connectivity index (χ1) is 9.73. The van der Waals surface area contributed by atoms with Crippen molar-refractivity contribution in [3.63, 3.8) is 0 Å². The van der Waals surface area contributed by atoms with Gasteiger partial charge in [-0.15, -0.1) is 0 Å². The molecule has 0 aromatic carbocycles. The van der Waals surface area contributed by atoms with E-state index in [2.05, 4.69) is 4.98 Å². The van der Waals surface area contributed by atoms with Gasteiger partial charge in [0.05, 0.1) is 11.4 Å².